The van der Waals surface area contributed by atoms with E-state index in [4.69, 9.17) is 16.3 Å². The van der Waals surface area contributed by atoms with Crippen LogP contribution in [-0.4, -0.2) is 43.5 Å². The van der Waals surface area contributed by atoms with Crippen LogP contribution in [0.4, 0.5) is 4.39 Å². The summed E-state index contributed by atoms with van der Waals surface area (Å²) in [6.07, 6.45) is 0. The molecule has 25 heavy (non-hydrogen) atoms. The number of amides is 1. The average Bonchev–Trinajstić information content (AvgIpc) is 2.57. The summed E-state index contributed by atoms with van der Waals surface area (Å²) in [7, 11) is 5.11. The van der Waals surface area contributed by atoms with E-state index >= 15 is 0 Å². The van der Waals surface area contributed by atoms with E-state index in [1.165, 1.54) is 11.0 Å². The fourth-order valence-corrected chi connectivity index (χ4v) is 2.73. The zero-order valence-electron chi connectivity index (χ0n) is 14.6. The van der Waals surface area contributed by atoms with Gasteiger partial charge in [-0.3, -0.25) is 9.69 Å². The molecule has 6 heteroatoms. The Morgan fingerprint density at radius 1 is 1.12 bits per heavy atom. The van der Waals surface area contributed by atoms with Crippen LogP contribution in [0.2, 0.25) is 5.02 Å². The standard InChI is InChI=1S/C19H22ClFN2O2/c1-22(11-15-10-16(20)8-9-18(15)25-3)13-19(24)23(2)12-14-6-4-5-7-17(14)21/h4-10H,11-13H2,1-3H3. The summed E-state index contributed by atoms with van der Waals surface area (Å²) >= 11 is 6.03. The van der Waals surface area contributed by atoms with Gasteiger partial charge >= 0.3 is 0 Å². The second-order valence-corrected chi connectivity index (χ2v) is 6.41. The van der Waals surface area contributed by atoms with Gasteiger partial charge in [0.05, 0.1) is 13.7 Å². The maximum Gasteiger partial charge on any atom is 0.236 e. The summed E-state index contributed by atoms with van der Waals surface area (Å²) < 4.78 is 19.0. The predicted octanol–water partition coefficient (Wildman–Crippen LogP) is 3.58. The molecule has 1 amide bonds. The Balaban J connectivity index is 1.95. The molecule has 0 bridgehead atoms. The maximum atomic E-state index is 13.7. The Bertz CT molecular complexity index is 739. The number of hydrogen-bond acceptors (Lipinski definition) is 3. The second kappa shape index (κ2) is 8.83. The first-order valence-corrected chi connectivity index (χ1v) is 8.27. The third-order valence-corrected chi connectivity index (χ3v) is 4.11. The second-order valence-electron chi connectivity index (χ2n) is 5.97. The van der Waals surface area contributed by atoms with Crippen LogP contribution in [0.25, 0.3) is 0 Å². The SMILES string of the molecule is COc1ccc(Cl)cc1CN(C)CC(=O)N(C)Cc1ccccc1F. The van der Waals surface area contributed by atoms with E-state index in [1.807, 2.05) is 18.0 Å². The molecule has 2 aromatic rings. The Hall–Kier alpha value is -2.11. The lowest BCUT2D eigenvalue weighted by Crippen LogP contribution is -2.36. The van der Waals surface area contributed by atoms with E-state index in [1.54, 1.807) is 44.5 Å². The van der Waals surface area contributed by atoms with Gasteiger partial charge in [-0.25, -0.2) is 4.39 Å². The summed E-state index contributed by atoms with van der Waals surface area (Å²) in [4.78, 5) is 15.8. The molecule has 0 saturated heterocycles. The fourth-order valence-electron chi connectivity index (χ4n) is 2.54. The van der Waals surface area contributed by atoms with Gasteiger partial charge in [0.2, 0.25) is 5.91 Å². The number of benzene rings is 2. The van der Waals surface area contributed by atoms with E-state index in [2.05, 4.69) is 0 Å². The zero-order valence-corrected chi connectivity index (χ0v) is 15.4. The number of halogens is 2. The van der Waals surface area contributed by atoms with Crippen molar-refractivity contribution in [3.05, 3.63) is 64.4 Å². The Kier molecular flexibility index (Phi) is 6.79. The normalized spacial score (nSPS) is 10.8. The molecule has 0 unspecified atom stereocenters. The highest BCUT2D eigenvalue weighted by Crippen LogP contribution is 2.23. The highest BCUT2D eigenvalue weighted by molar-refractivity contribution is 6.30. The average molecular weight is 365 g/mol. The van der Waals surface area contributed by atoms with Gasteiger partial charge < -0.3 is 9.64 Å². The number of hydrogen-bond donors (Lipinski definition) is 0. The van der Waals surface area contributed by atoms with Crippen molar-refractivity contribution in [1.82, 2.24) is 9.80 Å². The molecule has 0 heterocycles. The number of likely N-dealkylation sites (N-methyl/N-ethyl adjacent to an activating group) is 2. The van der Waals surface area contributed by atoms with Gasteiger partial charge in [0.1, 0.15) is 11.6 Å². The van der Waals surface area contributed by atoms with Crippen LogP contribution in [0.1, 0.15) is 11.1 Å². The summed E-state index contributed by atoms with van der Waals surface area (Å²) in [6, 6.07) is 11.9. The Morgan fingerprint density at radius 2 is 1.84 bits per heavy atom. The van der Waals surface area contributed by atoms with E-state index in [0.717, 1.165) is 11.3 Å². The first-order valence-electron chi connectivity index (χ1n) is 7.89. The van der Waals surface area contributed by atoms with Crippen molar-refractivity contribution >= 4 is 17.5 Å². The van der Waals surface area contributed by atoms with E-state index in [9.17, 15) is 9.18 Å². The lowest BCUT2D eigenvalue weighted by Gasteiger charge is -2.23. The third kappa shape index (κ3) is 5.44. The van der Waals surface area contributed by atoms with E-state index in [0.29, 0.717) is 17.1 Å². The van der Waals surface area contributed by atoms with Gasteiger partial charge in [0, 0.05) is 36.3 Å². The molecular formula is C19H22ClFN2O2. The molecule has 0 fully saturated rings. The molecule has 0 radical (unpaired) electrons. The van der Waals surface area contributed by atoms with Gasteiger partial charge in [-0.15, -0.1) is 0 Å². The van der Waals surface area contributed by atoms with Crippen molar-refractivity contribution in [1.29, 1.82) is 0 Å². The van der Waals surface area contributed by atoms with Crippen LogP contribution < -0.4 is 4.74 Å². The molecule has 0 aromatic heterocycles. The van der Waals surface area contributed by atoms with Crippen LogP contribution in [-0.2, 0) is 17.9 Å². The maximum absolute atomic E-state index is 13.7. The molecule has 0 aliphatic carbocycles. The molecule has 0 atom stereocenters. The first-order chi connectivity index (χ1) is 11.9. The number of methoxy groups -OCH3 is 1. The van der Waals surface area contributed by atoms with Crippen molar-refractivity contribution in [3.8, 4) is 5.75 Å². The van der Waals surface area contributed by atoms with Crippen LogP contribution in [0.15, 0.2) is 42.5 Å². The highest BCUT2D eigenvalue weighted by atomic mass is 35.5. The zero-order chi connectivity index (χ0) is 18.4. The van der Waals surface area contributed by atoms with E-state index in [-0.39, 0.29) is 24.8 Å². The topological polar surface area (TPSA) is 32.8 Å². The van der Waals surface area contributed by atoms with Crippen molar-refractivity contribution in [2.45, 2.75) is 13.1 Å². The molecule has 0 N–H and O–H groups in total. The first kappa shape index (κ1) is 19.2. The molecule has 0 aliphatic rings. The van der Waals surface area contributed by atoms with Gasteiger partial charge in [-0.05, 0) is 31.3 Å². The monoisotopic (exact) mass is 364 g/mol. The van der Waals surface area contributed by atoms with Crippen molar-refractivity contribution in [2.75, 3.05) is 27.7 Å². The minimum atomic E-state index is -0.306. The number of nitrogens with zero attached hydrogens (tertiary/aromatic N) is 2. The summed E-state index contributed by atoms with van der Waals surface area (Å²) in [5, 5.41) is 0.618. The Labute approximate surface area is 152 Å². The van der Waals surface area contributed by atoms with Gasteiger partial charge in [0.25, 0.3) is 0 Å². The summed E-state index contributed by atoms with van der Waals surface area (Å²) in [5.74, 6) is 0.328. The van der Waals surface area contributed by atoms with Crippen LogP contribution >= 0.6 is 11.6 Å². The van der Waals surface area contributed by atoms with Crippen molar-refractivity contribution in [2.24, 2.45) is 0 Å². The molecule has 134 valence electrons. The molecule has 0 spiro atoms. The number of carbonyl (C=O) groups excluding carboxylic acids is 1. The molecule has 0 saturated carbocycles. The van der Waals surface area contributed by atoms with Gasteiger partial charge in [-0.2, -0.15) is 0 Å². The third-order valence-electron chi connectivity index (χ3n) is 3.88. The van der Waals surface area contributed by atoms with Crippen molar-refractivity contribution < 1.29 is 13.9 Å². The number of ether oxygens (including phenoxy) is 1. The summed E-state index contributed by atoms with van der Waals surface area (Å²) in [6.45, 7) is 0.962. The lowest BCUT2D eigenvalue weighted by molar-refractivity contribution is -0.131. The van der Waals surface area contributed by atoms with Gasteiger partial charge in [0.15, 0.2) is 0 Å². The fraction of sp³-hybridized carbons (Fsp3) is 0.316. The molecular weight excluding hydrogens is 343 g/mol. The highest BCUT2D eigenvalue weighted by Gasteiger charge is 2.15. The lowest BCUT2D eigenvalue weighted by atomic mass is 10.2. The van der Waals surface area contributed by atoms with Gasteiger partial charge in [-0.1, -0.05) is 29.8 Å². The van der Waals surface area contributed by atoms with Crippen LogP contribution in [0.3, 0.4) is 0 Å². The van der Waals surface area contributed by atoms with Crippen LogP contribution in [0, 0.1) is 5.82 Å². The smallest absolute Gasteiger partial charge is 0.236 e. The Morgan fingerprint density at radius 3 is 2.52 bits per heavy atom. The summed E-state index contributed by atoms with van der Waals surface area (Å²) in [5.41, 5.74) is 1.40. The van der Waals surface area contributed by atoms with E-state index < -0.39 is 0 Å². The quantitative estimate of drug-likeness (QED) is 0.752. The largest absolute Gasteiger partial charge is 0.496 e. The number of carbonyl (C=O) groups is 1. The minimum Gasteiger partial charge on any atom is -0.496 e. The molecule has 2 aromatic carbocycles. The van der Waals surface area contributed by atoms with Crippen molar-refractivity contribution in [3.63, 3.8) is 0 Å². The molecule has 2 rings (SSSR count). The minimum absolute atomic E-state index is 0.0910. The molecule has 0 aliphatic heterocycles. The predicted molar refractivity (Wildman–Crippen MR) is 97.2 cm³/mol. The molecule has 4 nitrogen and oxygen atoms in total. The van der Waals surface area contributed by atoms with Crippen LogP contribution in [0.5, 0.6) is 5.75 Å². The number of rotatable bonds is 7.